The fraction of sp³-hybridized carbons (Fsp3) is 0.206. The minimum absolute atomic E-state index is 0.0220. The van der Waals surface area contributed by atoms with Gasteiger partial charge in [-0.05, 0) is 53.9 Å². The van der Waals surface area contributed by atoms with Crippen molar-refractivity contribution < 1.29 is 28.2 Å². The predicted octanol–water partition coefficient (Wildman–Crippen LogP) is 5.65. The van der Waals surface area contributed by atoms with Crippen molar-refractivity contribution in [1.82, 2.24) is 25.1 Å². The average molecular weight is 687 g/mol. The average Bonchev–Trinajstić information content (AvgIpc) is 3.90. The monoisotopic (exact) mass is 686 g/mol. The molecule has 1 aliphatic heterocycles. The molecule has 3 heterocycles. The maximum atomic E-state index is 13.9. The molecule has 0 radical (unpaired) electrons. The highest BCUT2D eigenvalue weighted by Gasteiger charge is 2.36. The van der Waals surface area contributed by atoms with Crippen molar-refractivity contribution in [2.45, 2.75) is 24.2 Å². The van der Waals surface area contributed by atoms with Gasteiger partial charge in [0.2, 0.25) is 0 Å². The van der Waals surface area contributed by atoms with Crippen LogP contribution in [0.15, 0.2) is 101 Å². The lowest BCUT2D eigenvalue weighted by Gasteiger charge is -2.24. The Balaban J connectivity index is 1.22. The van der Waals surface area contributed by atoms with Crippen molar-refractivity contribution in [2.24, 2.45) is 5.10 Å². The molecule has 48 heavy (non-hydrogen) atoms. The molecule has 1 aliphatic rings. The number of rotatable bonds is 13. The number of halogens is 1. The third kappa shape index (κ3) is 7.34. The quantitative estimate of drug-likeness (QED) is 0.158. The van der Waals surface area contributed by atoms with E-state index in [9.17, 15) is 14.0 Å². The van der Waals surface area contributed by atoms with E-state index in [1.807, 2.05) is 47.8 Å². The van der Waals surface area contributed by atoms with Crippen LogP contribution >= 0.6 is 23.1 Å². The molecule has 3 aromatic carbocycles. The van der Waals surface area contributed by atoms with E-state index in [2.05, 4.69) is 15.5 Å². The third-order valence-electron chi connectivity index (χ3n) is 7.43. The Labute approximate surface area is 284 Å². The highest BCUT2D eigenvalue weighted by atomic mass is 32.2. The second-order valence-corrected chi connectivity index (χ2v) is 12.3. The molecule has 0 saturated heterocycles. The van der Waals surface area contributed by atoms with E-state index in [-0.39, 0.29) is 30.7 Å². The van der Waals surface area contributed by atoms with Gasteiger partial charge in [-0.1, -0.05) is 48.2 Å². The first-order valence-corrected chi connectivity index (χ1v) is 16.7. The number of thiophene rings is 1. The van der Waals surface area contributed by atoms with E-state index in [0.717, 1.165) is 27.9 Å². The molecule has 0 aliphatic carbocycles. The topological polar surface area (TPSA) is 120 Å². The molecular weight excluding hydrogens is 656 g/mol. The number of benzene rings is 3. The number of thioether (sulfide) groups is 1. The molecule has 6 rings (SSSR count). The number of nitrogens with one attached hydrogen (secondary N) is 1. The van der Waals surface area contributed by atoms with Gasteiger partial charge in [0.05, 0.1) is 43.1 Å². The minimum Gasteiger partial charge on any atom is -0.493 e. The van der Waals surface area contributed by atoms with E-state index in [1.54, 1.807) is 60.5 Å². The maximum Gasteiger partial charge on any atom is 0.258 e. The van der Waals surface area contributed by atoms with Gasteiger partial charge in [-0.2, -0.15) is 5.10 Å². The number of nitrogens with zero attached hydrogens (tertiary/aromatic N) is 5. The summed E-state index contributed by atoms with van der Waals surface area (Å²) < 4.78 is 32.3. The zero-order chi connectivity index (χ0) is 33.5. The molecule has 0 bridgehead atoms. The van der Waals surface area contributed by atoms with Gasteiger partial charge in [0.25, 0.3) is 11.8 Å². The largest absolute Gasteiger partial charge is 0.493 e. The van der Waals surface area contributed by atoms with E-state index in [0.29, 0.717) is 40.3 Å². The van der Waals surface area contributed by atoms with Gasteiger partial charge in [-0.3, -0.25) is 14.2 Å². The van der Waals surface area contributed by atoms with Crippen molar-refractivity contribution in [1.29, 1.82) is 0 Å². The summed E-state index contributed by atoms with van der Waals surface area (Å²) in [5.74, 6) is 1.00. The molecule has 0 fully saturated rings. The zero-order valence-corrected chi connectivity index (χ0v) is 27.7. The highest BCUT2D eigenvalue weighted by molar-refractivity contribution is 7.99. The number of hydrazone groups is 1. The van der Waals surface area contributed by atoms with Crippen LogP contribution in [-0.4, -0.2) is 63.9 Å². The molecule has 0 spiro atoms. The second kappa shape index (κ2) is 15.1. The van der Waals surface area contributed by atoms with Crippen molar-refractivity contribution in [2.75, 3.05) is 26.6 Å². The fourth-order valence-electron chi connectivity index (χ4n) is 5.19. The number of aromatic nitrogens is 3. The molecule has 2 amide bonds. The fourth-order valence-corrected chi connectivity index (χ4v) is 6.74. The summed E-state index contributed by atoms with van der Waals surface area (Å²) in [5, 5.41) is 20.0. The molecule has 11 nitrogen and oxygen atoms in total. The summed E-state index contributed by atoms with van der Waals surface area (Å²) >= 11 is 2.72. The Kier molecular flexibility index (Phi) is 10.3. The smallest absolute Gasteiger partial charge is 0.258 e. The molecule has 5 aromatic rings. The van der Waals surface area contributed by atoms with Gasteiger partial charge in [0, 0.05) is 17.7 Å². The van der Waals surface area contributed by atoms with Crippen LogP contribution in [0.25, 0.3) is 5.69 Å². The molecule has 0 saturated carbocycles. The highest BCUT2D eigenvalue weighted by Crippen LogP contribution is 2.42. The second-order valence-electron chi connectivity index (χ2n) is 10.4. The SMILES string of the molecule is COc1cccc(C2CC(c3cccs3)=NN2C(=O)CSc2nnc(CNC(=O)COc3ccccc3)n2-c2ccc(F)cc2)c1OC. The number of hydrogen-bond acceptors (Lipinski definition) is 10. The Bertz CT molecular complexity index is 1900. The summed E-state index contributed by atoms with van der Waals surface area (Å²) in [6, 6.07) is 23.9. The standard InChI is InChI=1S/C34H31FN6O5S2/c1-44-28-11-6-10-25(33(28)45-2)27-18-26(29-12-7-17-47-29)39-41(27)32(43)21-48-34-38-37-30(40(34)23-15-13-22(35)14-16-23)19-36-31(42)20-46-24-8-4-3-5-9-24/h3-17,27H,18-21H2,1-2H3,(H,36,42). The van der Waals surface area contributed by atoms with E-state index in [4.69, 9.17) is 19.3 Å². The number of ether oxygens (including phenoxy) is 3. The molecule has 246 valence electrons. The van der Waals surface area contributed by atoms with Crippen molar-refractivity contribution in [3.8, 4) is 22.9 Å². The molecule has 2 aromatic heterocycles. The van der Waals surface area contributed by atoms with E-state index >= 15 is 0 Å². The van der Waals surface area contributed by atoms with Crippen LogP contribution in [0.3, 0.4) is 0 Å². The van der Waals surface area contributed by atoms with E-state index < -0.39 is 11.9 Å². The maximum absolute atomic E-state index is 13.9. The Morgan fingerprint density at radius 1 is 0.979 bits per heavy atom. The Hall–Kier alpha value is -5.21. The zero-order valence-electron chi connectivity index (χ0n) is 26.0. The van der Waals surface area contributed by atoms with Crippen LogP contribution in [-0.2, 0) is 16.1 Å². The summed E-state index contributed by atoms with van der Waals surface area (Å²) in [4.78, 5) is 27.5. The first-order chi connectivity index (χ1) is 23.4. The van der Waals surface area contributed by atoms with Crippen LogP contribution in [0, 0.1) is 5.82 Å². The summed E-state index contributed by atoms with van der Waals surface area (Å²) in [5.41, 5.74) is 2.13. The van der Waals surface area contributed by atoms with Crippen LogP contribution < -0.4 is 19.5 Å². The van der Waals surface area contributed by atoms with Crippen LogP contribution in [0.1, 0.15) is 28.7 Å². The number of methoxy groups -OCH3 is 2. The normalized spacial score (nSPS) is 14.0. The minimum atomic E-state index is -0.431. The van der Waals surface area contributed by atoms with Gasteiger partial charge in [-0.15, -0.1) is 21.5 Å². The first-order valence-electron chi connectivity index (χ1n) is 14.9. The number of carbonyl (C=O) groups is 2. The molecule has 14 heteroatoms. The number of carbonyl (C=O) groups excluding carboxylic acids is 2. The van der Waals surface area contributed by atoms with Crippen LogP contribution in [0.5, 0.6) is 17.2 Å². The van der Waals surface area contributed by atoms with Gasteiger partial charge in [0.1, 0.15) is 11.6 Å². The lowest BCUT2D eigenvalue weighted by atomic mass is 9.99. The Morgan fingerprint density at radius 3 is 2.52 bits per heavy atom. The van der Waals surface area contributed by atoms with Crippen LogP contribution in [0.2, 0.25) is 0 Å². The first kappa shape index (κ1) is 32.7. The summed E-state index contributed by atoms with van der Waals surface area (Å²) in [7, 11) is 3.14. The number of amides is 2. The lowest BCUT2D eigenvalue weighted by Crippen LogP contribution is -2.29. The van der Waals surface area contributed by atoms with Crippen LogP contribution in [0.4, 0.5) is 4.39 Å². The van der Waals surface area contributed by atoms with Crippen molar-refractivity contribution in [3.63, 3.8) is 0 Å². The number of para-hydroxylation sites is 2. The number of hydrogen-bond donors (Lipinski definition) is 1. The molecular formula is C34H31FN6O5S2. The van der Waals surface area contributed by atoms with Gasteiger partial charge in [0.15, 0.2) is 29.1 Å². The summed E-state index contributed by atoms with van der Waals surface area (Å²) in [6.07, 6.45) is 0.490. The lowest BCUT2D eigenvalue weighted by molar-refractivity contribution is -0.130. The Morgan fingerprint density at radius 2 is 1.79 bits per heavy atom. The van der Waals surface area contributed by atoms with Gasteiger partial charge < -0.3 is 19.5 Å². The molecule has 1 N–H and O–H groups in total. The third-order valence-corrected chi connectivity index (χ3v) is 9.26. The predicted molar refractivity (Wildman–Crippen MR) is 180 cm³/mol. The van der Waals surface area contributed by atoms with Gasteiger partial charge >= 0.3 is 0 Å². The van der Waals surface area contributed by atoms with Gasteiger partial charge in [-0.25, -0.2) is 9.40 Å². The molecule has 1 atom stereocenters. The van der Waals surface area contributed by atoms with Crippen molar-refractivity contribution in [3.05, 3.63) is 112 Å². The molecule has 1 unspecified atom stereocenters. The summed E-state index contributed by atoms with van der Waals surface area (Å²) in [6.45, 7) is -0.165. The van der Waals surface area contributed by atoms with Crippen molar-refractivity contribution >= 4 is 40.6 Å². The van der Waals surface area contributed by atoms with E-state index in [1.165, 1.54) is 17.1 Å².